The van der Waals surface area contributed by atoms with Crippen molar-refractivity contribution in [1.82, 2.24) is 19.6 Å². The molecule has 0 aliphatic heterocycles. The lowest BCUT2D eigenvalue weighted by atomic mass is 10.1. The zero-order chi connectivity index (χ0) is 17.1. The van der Waals surface area contributed by atoms with Gasteiger partial charge in [-0.3, -0.25) is 9.59 Å². The first-order valence-electron chi connectivity index (χ1n) is 7.48. The summed E-state index contributed by atoms with van der Waals surface area (Å²) in [4.78, 5) is 24.2. The Morgan fingerprint density at radius 2 is 2.04 bits per heavy atom. The van der Waals surface area contributed by atoms with Crippen LogP contribution in [0.2, 0.25) is 0 Å². The quantitative estimate of drug-likeness (QED) is 0.792. The molecule has 2 aromatic heterocycles. The highest BCUT2D eigenvalue weighted by Gasteiger charge is 2.09. The van der Waals surface area contributed by atoms with Crippen molar-refractivity contribution < 1.29 is 4.79 Å². The van der Waals surface area contributed by atoms with Crippen molar-refractivity contribution in [2.24, 2.45) is 0 Å². The van der Waals surface area contributed by atoms with Crippen molar-refractivity contribution in [1.29, 1.82) is 0 Å². The average Bonchev–Trinajstić information content (AvgIpc) is 3.07. The summed E-state index contributed by atoms with van der Waals surface area (Å²) in [7, 11) is 0. The molecule has 0 aliphatic carbocycles. The number of hydrogen-bond donors (Lipinski definition) is 1. The lowest BCUT2D eigenvalue weighted by Gasteiger charge is -2.10. The van der Waals surface area contributed by atoms with E-state index in [0.717, 1.165) is 21.5 Å². The predicted octanol–water partition coefficient (Wildman–Crippen LogP) is 1.68. The molecule has 0 unspecified atom stereocenters. The van der Waals surface area contributed by atoms with Crippen LogP contribution in [0.3, 0.4) is 0 Å². The van der Waals surface area contributed by atoms with Crippen LogP contribution in [0.25, 0.3) is 5.82 Å². The third-order valence-corrected chi connectivity index (χ3v) is 3.54. The predicted molar refractivity (Wildman–Crippen MR) is 90.2 cm³/mol. The minimum atomic E-state index is -0.346. The number of nitrogens with one attached hydrogen (secondary N) is 1. The SMILES string of the molecule is Cc1ccc(NC(=O)Cn2nc(-n3cccn3)ccc2=O)c(C)c1. The number of rotatable bonds is 4. The molecule has 2 heterocycles. The molecule has 0 saturated heterocycles. The van der Waals surface area contributed by atoms with Crippen LogP contribution in [-0.4, -0.2) is 25.5 Å². The van der Waals surface area contributed by atoms with Gasteiger partial charge in [0.05, 0.1) is 0 Å². The smallest absolute Gasteiger partial charge is 0.267 e. The summed E-state index contributed by atoms with van der Waals surface area (Å²) in [5, 5.41) is 11.0. The highest BCUT2D eigenvalue weighted by atomic mass is 16.2. The Kier molecular flexibility index (Phi) is 4.24. The Morgan fingerprint density at radius 3 is 2.75 bits per heavy atom. The van der Waals surface area contributed by atoms with E-state index in [-0.39, 0.29) is 18.0 Å². The van der Waals surface area contributed by atoms with Crippen molar-refractivity contribution >= 4 is 11.6 Å². The van der Waals surface area contributed by atoms with E-state index in [4.69, 9.17) is 0 Å². The van der Waals surface area contributed by atoms with Crippen LogP contribution in [0.1, 0.15) is 11.1 Å². The Bertz CT molecular complexity index is 928. The molecule has 0 spiro atoms. The molecule has 1 aromatic carbocycles. The van der Waals surface area contributed by atoms with Gasteiger partial charge in [-0.05, 0) is 37.6 Å². The van der Waals surface area contributed by atoms with Crippen LogP contribution < -0.4 is 10.9 Å². The highest BCUT2D eigenvalue weighted by molar-refractivity contribution is 5.91. The van der Waals surface area contributed by atoms with E-state index < -0.39 is 0 Å². The van der Waals surface area contributed by atoms with Crippen LogP contribution in [0.15, 0.2) is 53.6 Å². The maximum Gasteiger partial charge on any atom is 0.267 e. The molecule has 7 heteroatoms. The lowest BCUT2D eigenvalue weighted by Crippen LogP contribution is -2.30. The molecule has 3 aromatic rings. The number of benzene rings is 1. The Morgan fingerprint density at radius 1 is 1.21 bits per heavy atom. The van der Waals surface area contributed by atoms with Crippen molar-refractivity contribution in [3.63, 3.8) is 0 Å². The van der Waals surface area contributed by atoms with E-state index in [1.807, 2.05) is 32.0 Å². The molecule has 24 heavy (non-hydrogen) atoms. The third-order valence-electron chi connectivity index (χ3n) is 3.54. The summed E-state index contributed by atoms with van der Waals surface area (Å²) in [6.45, 7) is 3.75. The van der Waals surface area contributed by atoms with E-state index in [1.165, 1.54) is 10.7 Å². The van der Waals surface area contributed by atoms with Crippen LogP contribution in [0.5, 0.6) is 0 Å². The van der Waals surface area contributed by atoms with Gasteiger partial charge in [0.1, 0.15) is 6.54 Å². The van der Waals surface area contributed by atoms with Gasteiger partial charge in [-0.1, -0.05) is 17.7 Å². The summed E-state index contributed by atoms with van der Waals surface area (Å²) in [6.07, 6.45) is 3.33. The first-order valence-corrected chi connectivity index (χ1v) is 7.48. The van der Waals surface area contributed by atoms with Crippen LogP contribution in [0, 0.1) is 13.8 Å². The monoisotopic (exact) mass is 323 g/mol. The van der Waals surface area contributed by atoms with E-state index in [1.54, 1.807) is 24.5 Å². The van der Waals surface area contributed by atoms with Gasteiger partial charge in [-0.15, -0.1) is 5.10 Å². The van der Waals surface area contributed by atoms with E-state index in [9.17, 15) is 9.59 Å². The van der Waals surface area contributed by atoms with Gasteiger partial charge < -0.3 is 5.32 Å². The first-order chi connectivity index (χ1) is 11.5. The summed E-state index contributed by atoms with van der Waals surface area (Å²) in [5.41, 5.74) is 2.47. The molecule has 0 fully saturated rings. The number of hydrogen-bond acceptors (Lipinski definition) is 4. The molecule has 0 aliphatic rings. The highest BCUT2D eigenvalue weighted by Crippen LogP contribution is 2.15. The van der Waals surface area contributed by atoms with Gasteiger partial charge in [-0.25, -0.2) is 9.36 Å². The molecule has 0 bridgehead atoms. The third kappa shape index (κ3) is 3.40. The van der Waals surface area contributed by atoms with Gasteiger partial charge in [0.25, 0.3) is 5.56 Å². The maximum atomic E-state index is 12.2. The van der Waals surface area contributed by atoms with Crippen molar-refractivity contribution in [2.45, 2.75) is 20.4 Å². The molecule has 0 saturated carbocycles. The molecule has 122 valence electrons. The molecule has 1 N–H and O–H groups in total. The maximum absolute atomic E-state index is 12.2. The molecule has 3 rings (SSSR count). The van der Waals surface area contributed by atoms with Gasteiger partial charge in [0.15, 0.2) is 5.82 Å². The van der Waals surface area contributed by atoms with Crippen LogP contribution in [0.4, 0.5) is 5.69 Å². The second kappa shape index (κ2) is 6.49. The molecule has 0 atom stereocenters. The van der Waals surface area contributed by atoms with Gasteiger partial charge in [0.2, 0.25) is 5.91 Å². The summed E-state index contributed by atoms with van der Waals surface area (Å²) < 4.78 is 2.65. The van der Waals surface area contributed by atoms with Gasteiger partial charge >= 0.3 is 0 Å². The summed E-state index contributed by atoms with van der Waals surface area (Å²) >= 11 is 0. The zero-order valence-corrected chi connectivity index (χ0v) is 13.4. The number of amides is 1. The molecular weight excluding hydrogens is 306 g/mol. The van der Waals surface area contributed by atoms with Crippen molar-refractivity contribution in [2.75, 3.05) is 5.32 Å². The van der Waals surface area contributed by atoms with E-state index in [2.05, 4.69) is 15.5 Å². The second-order valence-corrected chi connectivity index (χ2v) is 5.50. The number of aryl methyl sites for hydroxylation is 2. The van der Waals surface area contributed by atoms with Crippen LogP contribution >= 0.6 is 0 Å². The summed E-state index contributed by atoms with van der Waals surface area (Å²) in [6, 6.07) is 10.4. The molecule has 7 nitrogen and oxygen atoms in total. The van der Waals surface area contributed by atoms with Crippen molar-refractivity contribution in [3.8, 4) is 5.82 Å². The normalized spacial score (nSPS) is 10.6. The zero-order valence-electron chi connectivity index (χ0n) is 13.4. The average molecular weight is 323 g/mol. The molecule has 1 amide bonds. The second-order valence-electron chi connectivity index (χ2n) is 5.50. The number of nitrogens with zero attached hydrogens (tertiary/aromatic N) is 4. The standard InChI is InChI=1S/C17H17N5O2/c1-12-4-5-14(13(2)10-12)19-16(23)11-22-17(24)7-6-15(20-22)21-9-3-8-18-21/h3-10H,11H2,1-2H3,(H,19,23). The fourth-order valence-electron chi connectivity index (χ4n) is 2.36. The van der Waals surface area contributed by atoms with Crippen LogP contribution in [-0.2, 0) is 11.3 Å². The fourth-order valence-corrected chi connectivity index (χ4v) is 2.36. The number of aromatic nitrogens is 4. The van der Waals surface area contributed by atoms with E-state index in [0.29, 0.717) is 5.82 Å². The van der Waals surface area contributed by atoms with Crippen molar-refractivity contribution in [3.05, 3.63) is 70.3 Å². The van der Waals surface area contributed by atoms with Gasteiger partial charge in [0, 0.05) is 24.1 Å². The van der Waals surface area contributed by atoms with Gasteiger partial charge in [-0.2, -0.15) is 5.10 Å². The molecular formula is C17H17N5O2. The number of carbonyl (C=O) groups excluding carboxylic acids is 1. The topological polar surface area (TPSA) is 81.8 Å². The minimum Gasteiger partial charge on any atom is -0.324 e. The molecule has 0 radical (unpaired) electrons. The Balaban J connectivity index is 1.79. The fraction of sp³-hybridized carbons (Fsp3) is 0.176. The summed E-state index contributed by atoms with van der Waals surface area (Å²) in [5.74, 6) is 0.160. The Hall–Kier alpha value is -3.22. The minimum absolute atomic E-state index is 0.165. The number of anilines is 1. The Labute approximate surface area is 138 Å². The first kappa shape index (κ1) is 15.7. The van der Waals surface area contributed by atoms with E-state index >= 15 is 0 Å². The lowest BCUT2D eigenvalue weighted by molar-refractivity contribution is -0.117. The number of carbonyl (C=O) groups is 1. The largest absolute Gasteiger partial charge is 0.324 e.